The molecule has 1 aromatic heterocycles. The topological polar surface area (TPSA) is 107 Å². The van der Waals surface area contributed by atoms with Gasteiger partial charge in [0.05, 0.1) is 23.3 Å². The molecule has 0 unspecified atom stereocenters. The van der Waals surface area contributed by atoms with Crippen LogP contribution in [-0.2, 0) is 4.74 Å². The molecule has 8 nitrogen and oxygen atoms in total. The largest absolute Gasteiger partial charge is 0.455 e. The van der Waals surface area contributed by atoms with Crippen molar-refractivity contribution < 1.29 is 18.9 Å². The Morgan fingerprint density at radius 3 is 2.91 bits per heavy atom. The number of amides is 1. The molecule has 0 saturated carbocycles. The van der Waals surface area contributed by atoms with Gasteiger partial charge in [-0.05, 0) is 25.1 Å². The van der Waals surface area contributed by atoms with Crippen molar-refractivity contribution in [2.45, 2.75) is 6.92 Å². The van der Waals surface area contributed by atoms with E-state index in [1.807, 2.05) is 0 Å². The molecule has 0 aliphatic heterocycles. The average Bonchev–Trinajstić information content (AvgIpc) is 2.96. The molecular weight excluding hydrogens is 290 g/mol. The van der Waals surface area contributed by atoms with Gasteiger partial charge in [0, 0.05) is 6.07 Å². The summed E-state index contributed by atoms with van der Waals surface area (Å²) in [6.07, 6.45) is 0.596. The first kappa shape index (κ1) is 15.2. The van der Waals surface area contributed by atoms with Gasteiger partial charge in [0.2, 0.25) is 0 Å². The van der Waals surface area contributed by atoms with Gasteiger partial charge in [-0.1, -0.05) is 12.1 Å². The number of nitro groups is 1. The lowest BCUT2D eigenvalue weighted by Crippen LogP contribution is -2.18. The fraction of sp³-hybridized carbons (Fsp3) is 0.143. The number of ether oxygens (including phenoxy) is 1. The monoisotopic (exact) mass is 303 g/mol. The first-order valence-corrected chi connectivity index (χ1v) is 6.41. The summed E-state index contributed by atoms with van der Waals surface area (Å²) in [7, 11) is 0. The van der Waals surface area contributed by atoms with Crippen LogP contribution in [0.5, 0.6) is 0 Å². The zero-order valence-corrected chi connectivity index (χ0v) is 11.7. The van der Waals surface area contributed by atoms with Crippen molar-refractivity contribution in [3.8, 4) is 11.3 Å². The Bertz CT molecular complexity index is 708. The van der Waals surface area contributed by atoms with E-state index in [2.05, 4.69) is 15.3 Å². The summed E-state index contributed by atoms with van der Waals surface area (Å²) >= 11 is 0. The molecule has 1 aromatic carbocycles. The van der Waals surface area contributed by atoms with E-state index in [1.165, 1.54) is 12.3 Å². The highest BCUT2D eigenvalue weighted by Gasteiger charge is 2.16. The van der Waals surface area contributed by atoms with E-state index >= 15 is 0 Å². The molecule has 0 aliphatic rings. The van der Waals surface area contributed by atoms with Crippen molar-refractivity contribution in [1.82, 2.24) is 5.43 Å². The molecule has 0 fully saturated rings. The third-order valence-electron chi connectivity index (χ3n) is 2.62. The van der Waals surface area contributed by atoms with E-state index in [0.717, 1.165) is 0 Å². The lowest BCUT2D eigenvalue weighted by Gasteiger charge is -1.99. The number of carbonyl (C=O) groups is 1. The van der Waals surface area contributed by atoms with Crippen LogP contribution >= 0.6 is 0 Å². The number of furan rings is 1. The molecule has 2 aromatic rings. The third-order valence-corrected chi connectivity index (χ3v) is 2.62. The van der Waals surface area contributed by atoms with Gasteiger partial charge in [0.25, 0.3) is 5.69 Å². The number of hydrogen-bond donors (Lipinski definition) is 1. The molecule has 114 valence electrons. The minimum absolute atomic E-state index is 0.0509. The number of hydrogen-bond acceptors (Lipinski definition) is 6. The normalized spacial score (nSPS) is 10.6. The minimum Gasteiger partial charge on any atom is -0.455 e. The van der Waals surface area contributed by atoms with Crippen LogP contribution in [0.15, 0.2) is 45.9 Å². The Hall–Kier alpha value is -3.16. The highest BCUT2D eigenvalue weighted by atomic mass is 16.6. The van der Waals surface area contributed by atoms with Crippen molar-refractivity contribution in [3.63, 3.8) is 0 Å². The molecule has 8 heteroatoms. The molecular formula is C14H13N3O5. The maximum absolute atomic E-state index is 11.0. The molecule has 0 spiro atoms. The average molecular weight is 303 g/mol. The third kappa shape index (κ3) is 3.69. The first-order chi connectivity index (χ1) is 10.6. The number of hydrazone groups is 1. The maximum atomic E-state index is 11.0. The van der Waals surface area contributed by atoms with Crippen molar-refractivity contribution in [2.75, 3.05) is 6.61 Å². The standard InChI is InChI=1S/C14H13N3O5/c1-2-21-14(18)16-15-9-10-7-8-13(22-10)11-5-3-4-6-12(11)17(19)20/h3-9H,2H2,1H3,(H,16,18)/b15-9-. The Kier molecular flexibility index (Phi) is 4.86. The lowest BCUT2D eigenvalue weighted by atomic mass is 10.1. The molecule has 0 aliphatic carbocycles. The van der Waals surface area contributed by atoms with E-state index in [1.54, 1.807) is 37.3 Å². The molecule has 22 heavy (non-hydrogen) atoms. The van der Waals surface area contributed by atoms with Gasteiger partial charge in [0.15, 0.2) is 0 Å². The smallest absolute Gasteiger partial charge is 0.427 e. The van der Waals surface area contributed by atoms with E-state index in [4.69, 9.17) is 4.42 Å². The predicted octanol–water partition coefficient (Wildman–Crippen LogP) is 2.93. The number of benzene rings is 1. The van der Waals surface area contributed by atoms with E-state index in [-0.39, 0.29) is 12.3 Å². The summed E-state index contributed by atoms with van der Waals surface area (Å²) < 4.78 is 10.1. The van der Waals surface area contributed by atoms with E-state index < -0.39 is 11.0 Å². The van der Waals surface area contributed by atoms with Gasteiger partial charge in [-0.25, -0.2) is 10.2 Å². The second-order valence-electron chi connectivity index (χ2n) is 4.07. The summed E-state index contributed by atoms with van der Waals surface area (Å²) in [5, 5.41) is 14.6. The SMILES string of the molecule is CCOC(=O)N/N=C\c1ccc(-c2ccccc2[N+](=O)[O-])o1. The number of rotatable bonds is 5. The summed E-state index contributed by atoms with van der Waals surface area (Å²) in [5.41, 5.74) is 2.47. The number of nitro benzene ring substituents is 1. The number of nitrogens with zero attached hydrogens (tertiary/aromatic N) is 2. The minimum atomic E-state index is -0.677. The van der Waals surface area contributed by atoms with Gasteiger partial charge in [-0.2, -0.15) is 5.10 Å². The van der Waals surface area contributed by atoms with Crippen LogP contribution in [0.2, 0.25) is 0 Å². The van der Waals surface area contributed by atoms with Crippen LogP contribution in [-0.4, -0.2) is 23.8 Å². The van der Waals surface area contributed by atoms with Crippen molar-refractivity contribution >= 4 is 18.0 Å². The molecule has 1 heterocycles. The summed E-state index contributed by atoms with van der Waals surface area (Å²) in [6.45, 7) is 1.92. The fourth-order valence-electron chi connectivity index (χ4n) is 1.72. The van der Waals surface area contributed by atoms with Crippen LogP contribution in [0.4, 0.5) is 10.5 Å². The molecule has 0 bridgehead atoms. The van der Waals surface area contributed by atoms with Gasteiger partial charge in [-0.15, -0.1) is 0 Å². The lowest BCUT2D eigenvalue weighted by molar-refractivity contribution is -0.384. The molecule has 0 radical (unpaired) electrons. The maximum Gasteiger partial charge on any atom is 0.427 e. The second-order valence-corrected chi connectivity index (χ2v) is 4.07. The van der Waals surface area contributed by atoms with Crippen LogP contribution in [0.1, 0.15) is 12.7 Å². The van der Waals surface area contributed by atoms with Crippen molar-refractivity contribution in [2.24, 2.45) is 5.10 Å². The number of nitrogens with one attached hydrogen (secondary N) is 1. The van der Waals surface area contributed by atoms with Crippen molar-refractivity contribution in [1.29, 1.82) is 0 Å². The molecule has 2 rings (SSSR count). The summed E-state index contributed by atoms with van der Waals surface area (Å²) in [5.74, 6) is 0.676. The van der Waals surface area contributed by atoms with Gasteiger partial charge in [-0.3, -0.25) is 10.1 Å². The van der Waals surface area contributed by atoms with Gasteiger partial charge < -0.3 is 9.15 Å². The number of carbonyl (C=O) groups excluding carboxylic acids is 1. The second kappa shape index (κ2) is 7.02. The van der Waals surface area contributed by atoms with E-state index in [9.17, 15) is 14.9 Å². The summed E-state index contributed by atoms with van der Waals surface area (Å²) in [4.78, 5) is 21.5. The zero-order valence-electron chi connectivity index (χ0n) is 11.7. The Balaban J connectivity index is 2.14. The zero-order chi connectivity index (χ0) is 15.9. The summed E-state index contributed by atoms with van der Waals surface area (Å²) in [6, 6.07) is 9.43. The highest BCUT2D eigenvalue weighted by molar-refractivity contribution is 5.80. The van der Waals surface area contributed by atoms with Crippen molar-refractivity contribution in [3.05, 3.63) is 52.3 Å². The van der Waals surface area contributed by atoms with Crippen LogP contribution in [0.25, 0.3) is 11.3 Å². The van der Waals surface area contributed by atoms with E-state index in [0.29, 0.717) is 17.1 Å². The Morgan fingerprint density at radius 2 is 2.18 bits per heavy atom. The molecule has 1 N–H and O–H groups in total. The van der Waals surface area contributed by atoms with Gasteiger partial charge >= 0.3 is 6.09 Å². The van der Waals surface area contributed by atoms with Gasteiger partial charge in [0.1, 0.15) is 11.5 Å². The Labute approximate surface area is 125 Å². The molecule has 0 atom stereocenters. The first-order valence-electron chi connectivity index (χ1n) is 6.41. The van der Waals surface area contributed by atoms with Crippen LogP contribution in [0.3, 0.4) is 0 Å². The predicted molar refractivity (Wildman–Crippen MR) is 78.6 cm³/mol. The fourth-order valence-corrected chi connectivity index (χ4v) is 1.72. The van der Waals surface area contributed by atoms with Crippen LogP contribution < -0.4 is 5.43 Å². The quantitative estimate of drug-likeness (QED) is 0.519. The Morgan fingerprint density at radius 1 is 1.41 bits per heavy atom. The molecule has 0 saturated heterocycles. The van der Waals surface area contributed by atoms with Crippen LogP contribution in [0, 0.1) is 10.1 Å². The highest BCUT2D eigenvalue weighted by Crippen LogP contribution is 2.30. The molecule has 1 amide bonds. The number of para-hydroxylation sites is 1.